The molecule has 0 aliphatic carbocycles. The quantitative estimate of drug-likeness (QED) is 0.793. The molecular formula is C15H20O2. The summed E-state index contributed by atoms with van der Waals surface area (Å²) in [6.07, 6.45) is 6.08. The van der Waals surface area contributed by atoms with Crippen LogP contribution in [0.25, 0.3) is 6.08 Å². The molecule has 0 unspecified atom stereocenters. The predicted octanol–water partition coefficient (Wildman–Crippen LogP) is 3.20. The summed E-state index contributed by atoms with van der Waals surface area (Å²) in [5, 5.41) is 0. The Labute approximate surface area is 103 Å². The minimum absolute atomic E-state index is 0.161. The monoisotopic (exact) mass is 232 g/mol. The van der Waals surface area contributed by atoms with Crippen molar-refractivity contribution in [3.8, 4) is 0 Å². The summed E-state index contributed by atoms with van der Waals surface area (Å²) >= 11 is 0. The molecule has 0 saturated carbocycles. The molecule has 0 N–H and O–H groups in total. The van der Waals surface area contributed by atoms with E-state index in [-0.39, 0.29) is 6.29 Å². The highest BCUT2D eigenvalue weighted by Gasteiger charge is 2.11. The van der Waals surface area contributed by atoms with Crippen LogP contribution < -0.4 is 0 Å². The van der Waals surface area contributed by atoms with Gasteiger partial charge in [-0.05, 0) is 35.6 Å². The molecule has 92 valence electrons. The first-order valence-electron chi connectivity index (χ1n) is 6.36. The van der Waals surface area contributed by atoms with Gasteiger partial charge in [-0.1, -0.05) is 38.1 Å². The SMILES string of the molecule is CCc1ccc(/C=C/C2OCCO2)cc1CC. The van der Waals surface area contributed by atoms with E-state index in [2.05, 4.69) is 38.1 Å². The van der Waals surface area contributed by atoms with Crippen molar-refractivity contribution < 1.29 is 9.47 Å². The molecule has 2 nitrogen and oxygen atoms in total. The highest BCUT2D eigenvalue weighted by atomic mass is 16.7. The molecule has 2 heteroatoms. The van der Waals surface area contributed by atoms with Gasteiger partial charge in [0.1, 0.15) is 0 Å². The Morgan fingerprint density at radius 2 is 1.82 bits per heavy atom. The van der Waals surface area contributed by atoms with E-state index in [1.54, 1.807) is 0 Å². The molecule has 0 aromatic heterocycles. The average molecular weight is 232 g/mol. The molecule has 1 aliphatic rings. The van der Waals surface area contributed by atoms with Gasteiger partial charge in [0.25, 0.3) is 0 Å². The van der Waals surface area contributed by atoms with Gasteiger partial charge >= 0.3 is 0 Å². The molecule has 1 heterocycles. The molecular weight excluding hydrogens is 212 g/mol. The highest BCUT2D eigenvalue weighted by Crippen LogP contribution is 2.16. The summed E-state index contributed by atoms with van der Waals surface area (Å²) in [5.74, 6) is 0. The molecule has 1 saturated heterocycles. The van der Waals surface area contributed by atoms with E-state index in [0.717, 1.165) is 12.8 Å². The van der Waals surface area contributed by atoms with Gasteiger partial charge in [-0.2, -0.15) is 0 Å². The Morgan fingerprint density at radius 3 is 2.47 bits per heavy atom. The Kier molecular flexibility index (Phi) is 4.35. The topological polar surface area (TPSA) is 18.5 Å². The van der Waals surface area contributed by atoms with Crippen LogP contribution in [0.5, 0.6) is 0 Å². The number of hydrogen-bond donors (Lipinski definition) is 0. The van der Waals surface area contributed by atoms with Crippen LogP contribution in [-0.2, 0) is 22.3 Å². The van der Waals surface area contributed by atoms with Crippen LogP contribution in [0.1, 0.15) is 30.5 Å². The molecule has 1 aliphatic heterocycles. The summed E-state index contributed by atoms with van der Waals surface area (Å²) in [4.78, 5) is 0. The Bertz CT molecular complexity index is 390. The van der Waals surface area contributed by atoms with Crippen LogP contribution in [0.3, 0.4) is 0 Å². The van der Waals surface area contributed by atoms with Crippen molar-refractivity contribution in [3.63, 3.8) is 0 Å². The zero-order chi connectivity index (χ0) is 12.1. The molecule has 0 radical (unpaired) electrons. The first-order chi connectivity index (χ1) is 8.33. The summed E-state index contributed by atoms with van der Waals surface area (Å²) in [5.41, 5.74) is 4.10. The maximum absolute atomic E-state index is 5.37. The van der Waals surface area contributed by atoms with Gasteiger partial charge in [0.15, 0.2) is 6.29 Å². The van der Waals surface area contributed by atoms with Gasteiger partial charge in [-0.3, -0.25) is 0 Å². The van der Waals surface area contributed by atoms with E-state index < -0.39 is 0 Å². The van der Waals surface area contributed by atoms with Gasteiger partial charge in [0.2, 0.25) is 0 Å². The molecule has 1 aromatic carbocycles. The van der Waals surface area contributed by atoms with Crippen LogP contribution in [-0.4, -0.2) is 19.5 Å². The minimum Gasteiger partial charge on any atom is -0.347 e. The lowest BCUT2D eigenvalue weighted by Gasteiger charge is -2.07. The largest absolute Gasteiger partial charge is 0.347 e. The summed E-state index contributed by atoms with van der Waals surface area (Å²) in [6.45, 7) is 5.80. The normalized spacial score (nSPS) is 17.1. The van der Waals surface area contributed by atoms with Gasteiger partial charge in [0.05, 0.1) is 13.2 Å². The molecule has 0 bridgehead atoms. The predicted molar refractivity (Wildman–Crippen MR) is 69.9 cm³/mol. The first-order valence-corrected chi connectivity index (χ1v) is 6.36. The second-order valence-electron chi connectivity index (χ2n) is 4.20. The molecule has 0 amide bonds. The summed E-state index contributed by atoms with van der Waals surface area (Å²) in [7, 11) is 0. The lowest BCUT2D eigenvalue weighted by molar-refractivity contribution is -0.000907. The third-order valence-corrected chi connectivity index (χ3v) is 3.09. The summed E-state index contributed by atoms with van der Waals surface area (Å²) in [6, 6.07) is 6.63. The van der Waals surface area contributed by atoms with Crippen molar-refractivity contribution in [2.75, 3.05) is 13.2 Å². The van der Waals surface area contributed by atoms with Crippen molar-refractivity contribution in [1.29, 1.82) is 0 Å². The minimum atomic E-state index is -0.161. The Hall–Kier alpha value is -1.12. The highest BCUT2D eigenvalue weighted by molar-refractivity contribution is 5.52. The molecule has 0 spiro atoms. The second kappa shape index (κ2) is 5.99. The molecule has 17 heavy (non-hydrogen) atoms. The maximum Gasteiger partial charge on any atom is 0.177 e. The number of ether oxygens (including phenoxy) is 2. The third kappa shape index (κ3) is 3.18. The standard InChI is InChI=1S/C15H20O2/c1-3-13-7-5-12(11-14(13)4-2)6-8-15-16-9-10-17-15/h5-8,11,15H,3-4,9-10H2,1-2H3/b8-6+. The van der Waals surface area contributed by atoms with Crippen molar-refractivity contribution in [1.82, 2.24) is 0 Å². The lowest BCUT2D eigenvalue weighted by Crippen LogP contribution is -2.01. The van der Waals surface area contributed by atoms with Crippen molar-refractivity contribution >= 4 is 6.08 Å². The van der Waals surface area contributed by atoms with Crippen LogP contribution in [0.15, 0.2) is 24.3 Å². The molecule has 1 fully saturated rings. The van der Waals surface area contributed by atoms with E-state index in [4.69, 9.17) is 9.47 Å². The molecule has 0 atom stereocenters. The first kappa shape index (κ1) is 12.3. The van der Waals surface area contributed by atoms with Gasteiger partial charge in [-0.25, -0.2) is 0 Å². The van der Waals surface area contributed by atoms with Gasteiger partial charge < -0.3 is 9.47 Å². The van der Waals surface area contributed by atoms with Crippen molar-refractivity contribution in [3.05, 3.63) is 41.0 Å². The fourth-order valence-corrected chi connectivity index (χ4v) is 2.10. The van der Waals surface area contributed by atoms with Crippen molar-refractivity contribution in [2.45, 2.75) is 33.0 Å². The zero-order valence-corrected chi connectivity index (χ0v) is 10.6. The van der Waals surface area contributed by atoms with E-state index in [1.165, 1.54) is 16.7 Å². The number of hydrogen-bond acceptors (Lipinski definition) is 2. The van der Waals surface area contributed by atoms with Crippen molar-refractivity contribution in [2.24, 2.45) is 0 Å². The zero-order valence-electron chi connectivity index (χ0n) is 10.6. The van der Waals surface area contributed by atoms with Crippen LogP contribution in [0.2, 0.25) is 0 Å². The molecule has 1 aromatic rings. The fraction of sp³-hybridized carbons (Fsp3) is 0.467. The maximum atomic E-state index is 5.37. The average Bonchev–Trinajstić information content (AvgIpc) is 2.89. The lowest BCUT2D eigenvalue weighted by atomic mass is 10.00. The van der Waals surface area contributed by atoms with Gasteiger partial charge in [-0.15, -0.1) is 0 Å². The second-order valence-corrected chi connectivity index (χ2v) is 4.20. The van der Waals surface area contributed by atoms with E-state index in [1.807, 2.05) is 6.08 Å². The van der Waals surface area contributed by atoms with Crippen LogP contribution >= 0.6 is 0 Å². The third-order valence-electron chi connectivity index (χ3n) is 3.09. The van der Waals surface area contributed by atoms with Crippen LogP contribution in [0.4, 0.5) is 0 Å². The Balaban J connectivity index is 2.10. The molecule has 2 rings (SSSR count). The number of aryl methyl sites for hydroxylation is 2. The smallest absolute Gasteiger partial charge is 0.177 e. The van der Waals surface area contributed by atoms with E-state index in [0.29, 0.717) is 13.2 Å². The number of benzene rings is 1. The fourth-order valence-electron chi connectivity index (χ4n) is 2.10. The summed E-state index contributed by atoms with van der Waals surface area (Å²) < 4.78 is 10.7. The van der Waals surface area contributed by atoms with Crippen LogP contribution in [0, 0.1) is 0 Å². The van der Waals surface area contributed by atoms with E-state index >= 15 is 0 Å². The van der Waals surface area contributed by atoms with Gasteiger partial charge in [0, 0.05) is 0 Å². The Morgan fingerprint density at radius 1 is 1.12 bits per heavy atom. The van der Waals surface area contributed by atoms with E-state index in [9.17, 15) is 0 Å². The number of rotatable bonds is 4.